The SMILES string of the molecule is COc1cccc(C=Nc2c[nH]c(=S)c(C3CC3)c2)c1O. The predicted molar refractivity (Wildman–Crippen MR) is 85.5 cm³/mol. The Balaban J connectivity index is 1.89. The minimum Gasteiger partial charge on any atom is -0.504 e. The van der Waals surface area contributed by atoms with Crippen LogP contribution in [0.3, 0.4) is 0 Å². The van der Waals surface area contributed by atoms with Gasteiger partial charge in [0.2, 0.25) is 0 Å². The van der Waals surface area contributed by atoms with Crippen molar-refractivity contribution >= 4 is 24.1 Å². The summed E-state index contributed by atoms with van der Waals surface area (Å²) in [6.07, 6.45) is 5.80. The van der Waals surface area contributed by atoms with Gasteiger partial charge in [0.25, 0.3) is 0 Å². The van der Waals surface area contributed by atoms with Crippen LogP contribution in [0.2, 0.25) is 0 Å². The Kier molecular flexibility index (Phi) is 3.75. The van der Waals surface area contributed by atoms with Gasteiger partial charge in [-0.1, -0.05) is 18.3 Å². The molecule has 3 rings (SSSR count). The van der Waals surface area contributed by atoms with Crippen molar-refractivity contribution in [3.8, 4) is 11.5 Å². The summed E-state index contributed by atoms with van der Waals surface area (Å²) in [5.74, 6) is 1.11. The Hall–Kier alpha value is -2.14. The second kappa shape index (κ2) is 5.69. The number of benzene rings is 1. The van der Waals surface area contributed by atoms with Gasteiger partial charge in [-0.25, -0.2) is 0 Å². The third kappa shape index (κ3) is 2.97. The number of H-pyrrole nitrogens is 1. The van der Waals surface area contributed by atoms with Crippen molar-refractivity contribution in [1.82, 2.24) is 4.98 Å². The van der Waals surface area contributed by atoms with Gasteiger partial charge >= 0.3 is 0 Å². The average molecular weight is 300 g/mol. The Bertz CT molecular complexity index is 748. The van der Waals surface area contributed by atoms with E-state index in [0.29, 0.717) is 17.2 Å². The highest BCUT2D eigenvalue weighted by Gasteiger charge is 2.25. The van der Waals surface area contributed by atoms with Crippen molar-refractivity contribution < 1.29 is 9.84 Å². The minimum absolute atomic E-state index is 0.0926. The minimum atomic E-state index is 0.0926. The molecule has 5 heteroatoms. The van der Waals surface area contributed by atoms with Gasteiger partial charge in [0.15, 0.2) is 11.5 Å². The van der Waals surface area contributed by atoms with Crippen LogP contribution < -0.4 is 4.74 Å². The molecule has 0 aliphatic heterocycles. The number of ether oxygens (including phenoxy) is 1. The van der Waals surface area contributed by atoms with Crippen molar-refractivity contribution in [3.05, 3.63) is 46.2 Å². The summed E-state index contributed by atoms with van der Waals surface area (Å²) < 4.78 is 5.87. The van der Waals surface area contributed by atoms with Crippen LogP contribution in [0, 0.1) is 4.64 Å². The molecule has 4 nitrogen and oxygen atoms in total. The first-order valence-corrected chi connectivity index (χ1v) is 7.22. The number of hydrogen-bond donors (Lipinski definition) is 2. The lowest BCUT2D eigenvalue weighted by Gasteiger charge is -2.05. The number of para-hydroxylation sites is 1. The van der Waals surface area contributed by atoms with Crippen LogP contribution >= 0.6 is 12.2 Å². The summed E-state index contributed by atoms with van der Waals surface area (Å²) in [5.41, 5.74) is 2.58. The van der Waals surface area contributed by atoms with Gasteiger partial charge in [-0.15, -0.1) is 0 Å². The summed E-state index contributed by atoms with van der Waals surface area (Å²) in [4.78, 5) is 7.48. The highest BCUT2D eigenvalue weighted by atomic mass is 32.1. The van der Waals surface area contributed by atoms with E-state index in [0.717, 1.165) is 15.9 Å². The van der Waals surface area contributed by atoms with E-state index >= 15 is 0 Å². The first kappa shape index (κ1) is 13.8. The van der Waals surface area contributed by atoms with Gasteiger partial charge in [-0.3, -0.25) is 4.99 Å². The molecule has 21 heavy (non-hydrogen) atoms. The standard InChI is InChI=1S/C16H16N2O2S/c1-20-14-4-2-3-11(15(14)19)8-17-12-7-13(10-5-6-10)16(21)18-9-12/h2-4,7-10,19H,5-6H2,1H3,(H,18,21). The maximum absolute atomic E-state index is 10.0. The molecule has 0 saturated heterocycles. The van der Waals surface area contributed by atoms with Crippen LogP contribution in [0.4, 0.5) is 5.69 Å². The van der Waals surface area contributed by atoms with E-state index in [-0.39, 0.29) is 5.75 Å². The number of methoxy groups -OCH3 is 1. The molecule has 1 fully saturated rings. The Morgan fingerprint density at radius 3 is 2.95 bits per heavy atom. The molecule has 0 spiro atoms. The monoisotopic (exact) mass is 300 g/mol. The fourth-order valence-corrected chi connectivity index (χ4v) is 2.50. The van der Waals surface area contributed by atoms with Crippen LogP contribution in [0.25, 0.3) is 0 Å². The van der Waals surface area contributed by atoms with E-state index in [1.807, 2.05) is 12.1 Å². The summed E-state index contributed by atoms with van der Waals surface area (Å²) in [5, 5.41) is 10.0. The largest absolute Gasteiger partial charge is 0.504 e. The van der Waals surface area contributed by atoms with Gasteiger partial charge in [0.1, 0.15) is 4.64 Å². The number of aromatic nitrogens is 1. The number of aromatic amines is 1. The number of phenolic OH excluding ortho intramolecular Hbond substituents is 1. The molecule has 0 bridgehead atoms. The molecular weight excluding hydrogens is 284 g/mol. The first-order valence-electron chi connectivity index (χ1n) is 6.81. The second-order valence-electron chi connectivity index (χ2n) is 5.07. The van der Waals surface area contributed by atoms with Crippen LogP contribution in [-0.2, 0) is 0 Å². The first-order chi connectivity index (χ1) is 10.2. The molecule has 1 heterocycles. The molecular formula is C16H16N2O2S. The number of hydrogen-bond acceptors (Lipinski definition) is 4. The Labute approximate surface area is 128 Å². The zero-order chi connectivity index (χ0) is 14.8. The zero-order valence-electron chi connectivity index (χ0n) is 11.7. The molecule has 1 saturated carbocycles. The van der Waals surface area contributed by atoms with Crippen molar-refractivity contribution in [2.75, 3.05) is 7.11 Å². The maximum Gasteiger partial charge on any atom is 0.166 e. The topological polar surface area (TPSA) is 57.6 Å². The van der Waals surface area contributed by atoms with Gasteiger partial charge in [0, 0.05) is 18.0 Å². The highest BCUT2D eigenvalue weighted by molar-refractivity contribution is 7.71. The lowest BCUT2D eigenvalue weighted by Crippen LogP contribution is -1.89. The van der Waals surface area contributed by atoms with Crippen molar-refractivity contribution in [2.45, 2.75) is 18.8 Å². The maximum atomic E-state index is 10.0. The van der Waals surface area contributed by atoms with Gasteiger partial charge in [0.05, 0.1) is 12.8 Å². The van der Waals surface area contributed by atoms with Gasteiger partial charge in [-0.05, 0) is 42.5 Å². The number of phenols is 1. The molecule has 0 radical (unpaired) electrons. The van der Waals surface area contributed by atoms with E-state index in [4.69, 9.17) is 17.0 Å². The molecule has 0 amide bonds. The number of nitrogens with one attached hydrogen (secondary N) is 1. The third-order valence-corrected chi connectivity index (χ3v) is 3.89. The summed E-state index contributed by atoms with van der Waals surface area (Å²) in [6, 6.07) is 7.32. The van der Waals surface area contributed by atoms with Crippen LogP contribution in [0.15, 0.2) is 35.5 Å². The summed E-state index contributed by atoms with van der Waals surface area (Å²) in [6.45, 7) is 0. The molecule has 1 aromatic carbocycles. The van der Waals surface area contributed by atoms with Crippen LogP contribution in [0.1, 0.15) is 29.9 Å². The quantitative estimate of drug-likeness (QED) is 0.660. The Morgan fingerprint density at radius 2 is 2.24 bits per heavy atom. The fourth-order valence-electron chi connectivity index (χ4n) is 2.21. The van der Waals surface area contributed by atoms with Gasteiger partial charge in [-0.2, -0.15) is 0 Å². The number of aliphatic imine (C=N–C) groups is 1. The van der Waals surface area contributed by atoms with Gasteiger partial charge < -0.3 is 14.8 Å². The molecule has 108 valence electrons. The third-order valence-electron chi connectivity index (χ3n) is 3.54. The number of rotatable bonds is 4. The van der Waals surface area contributed by atoms with E-state index in [9.17, 15) is 5.11 Å². The number of pyridine rings is 1. The smallest absolute Gasteiger partial charge is 0.166 e. The lowest BCUT2D eigenvalue weighted by molar-refractivity contribution is 0.373. The van der Waals surface area contributed by atoms with Crippen molar-refractivity contribution in [1.29, 1.82) is 0 Å². The van der Waals surface area contributed by atoms with E-state index in [1.165, 1.54) is 20.0 Å². The molecule has 0 unspecified atom stereocenters. The predicted octanol–water partition coefficient (Wildman–Crippen LogP) is 4.09. The molecule has 1 aromatic heterocycles. The molecule has 1 aliphatic carbocycles. The molecule has 2 N–H and O–H groups in total. The van der Waals surface area contributed by atoms with E-state index in [1.54, 1.807) is 24.5 Å². The number of nitrogens with zero attached hydrogens (tertiary/aromatic N) is 1. The molecule has 1 aliphatic rings. The number of aromatic hydroxyl groups is 1. The van der Waals surface area contributed by atoms with Crippen molar-refractivity contribution in [2.24, 2.45) is 4.99 Å². The lowest BCUT2D eigenvalue weighted by atomic mass is 10.2. The Morgan fingerprint density at radius 1 is 1.43 bits per heavy atom. The normalized spacial score (nSPS) is 14.5. The van der Waals surface area contributed by atoms with E-state index < -0.39 is 0 Å². The highest BCUT2D eigenvalue weighted by Crippen LogP contribution is 2.41. The summed E-state index contributed by atoms with van der Waals surface area (Å²) in [7, 11) is 1.52. The average Bonchev–Trinajstić information content (AvgIpc) is 3.32. The molecule has 0 atom stereocenters. The zero-order valence-corrected chi connectivity index (χ0v) is 12.5. The fraction of sp³-hybridized carbons (Fsp3) is 0.250. The van der Waals surface area contributed by atoms with Crippen molar-refractivity contribution in [3.63, 3.8) is 0 Å². The van der Waals surface area contributed by atoms with E-state index in [2.05, 4.69) is 9.98 Å². The van der Waals surface area contributed by atoms with Crippen LogP contribution in [0.5, 0.6) is 11.5 Å². The second-order valence-corrected chi connectivity index (χ2v) is 5.48. The molecule has 2 aromatic rings. The summed E-state index contributed by atoms with van der Waals surface area (Å²) >= 11 is 5.30. The van der Waals surface area contributed by atoms with Crippen LogP contribution in [-0.4, -0.2) is 23.4 Å².